The molecule has 0 aromatic heterocycles. The van der Waals surface area contributed by atoms with Crippen molar-refractivity contribution in [2.24, 2.45) is 0 Å². The molecular formula is C25H22ClFN2O4. The van der Waals surface area contributed by atoms with E-state index < -0.39 is 5.82 Å². The molecule has 0 spiro atoms. The zero-order valence-corrected chi connectivity index (χ0v) is 18.5. The van der Waals surface area contributed by atoms with Crippen LogP contribution in [0.25, 0.3) is 0 Å². The topological polar surface area (TPSA) is 67.9 Å². The quantitative estimate of drug-likeness (QED) is 0.454. The predicted molar refractivity (Wildman–Crippen MR) is 125 cm³/mol. The summed E-state index contributed by atoms with van der Waals surface area (Å²) in [4.78, 5) is 26.6. The van der Waals surface area contributed by atoms with E-state index in [2.05, 4.69) is 5.32 Å². The van der Waals surface area contributed by atoms with E-state index in [1.54, 1.807) is 35.2 Å². The molecule has 2 amide bonds. The normalized spacial score (nSPS) is 12.7. The molecule has 1 aliphatic heterocycles. The molecule has 0 saturated heterocycles. The van der Waals surface area contributed by atoms with E-state index in [9.17, 15) is 14.0 Å². The number of nitrogens with one attached hydrogen (secondary N) is 1. The van der Waals surface area contributed by atoms with Gasteiger partial charge in [0.05, 0.1) is 12.3 Å². The van der Waals surface area contributed by atoms with Gasteiger partial charge in [-0.25, -0.2) is 4.39 Å². The van der Waals surface area contributed by atoms with Gasteiger partial charge in [-0.15, -0.1) is 0 Å². The van der Waals surface area contributed by atoms with Crippen molar-refractivity contribution in [2.75, 3.05) is 30.0 Å². The number of amides is 2. The van der Waals surface area contributed by atoms with Crippen LogP contribution in [0.2, 0.25) is 5.02 Å². The molecule has 0 atom stereocenters. The molecule has 0 unspecified atom stereocenters. The zero-order valence-electron chi connectivity index (χ0n) is 17.7. The summed E-state index contributed by atoms with van der Waals surface area (Å²) in [5.74, 6) is 0.387. The van der Waals surface area contributed by atoms with Crippen molar-refractivity contribution in [3.63, 3.8) is 0 Å². The van der Waals surface area contributed by atoms with Gasteiger partial charge in [0, 0.05) is 22.8 Å². The van der Waals surface area contributed by atoms with Crippen LogP contribution >= 0.6 is 11.6 Å². The summed E-state index contributed by atoms with van der Waals surface area (Å²) in [6, 6.07) is 17.6. The first kappa shape index (κ1) is 22.6. The van der Waals surface area contributed by atoms with Gasteiger partial charge in [0.1, 0.15) is 17.3 Å². The van der Waals surface area contributed by atoms with Crippen molar-refractivity contribution in [2.45, 2.75) is 12.8 Å². The number of hydrogen-bond donors (Lipinski definition) is 1. The Balaban J connectivity index is 1.36. The van der Waals surface area contributed by atoms with E-state index in [1.165, 1.54) is 24.3 Å². The average Bonchev–Trinajstić information content (AvgIpc) is 2.81. The van der Waals surface area contributed by atoms with Gasteiger partial charge < -0.3 is 19.7 Å². The van der Waals surface area contributed by atoms with Crippen molar-refractivity contribution < 1.29 is 23.5 Å². The minimum Gasteiger partial charge on any atom is -0.494 e. The second-order valence-corrected chi connectivity index (χ2v) is 7.92. The molecule has 3 aromatic rings. The summed E-state index contributed by atoms with van der Waals surface area (Å²) in [6.07, 6.45) is 1.48. The number of hydrogen-bond acceptors (Lipinski definition) is 4. The lowest BCUT2D eigenvalue weighted by atomic mass is 10.1. The van der Waals surface area contributed by atoms with E-state index in [0.717, 1.165) is 18.6 Å². The van der Waals surface area contributed by atoms with Crippen LogP contribution in [0.3, 0.4) is 0 Å². The fourth-order valence-corrected chi connectivity index (χ4v) is 3.55. The minimum atomic E-state index is -0.412. The first-order chi connectivity index (χ1) is 16.0. The van der Waals surface area contributed by atoms with E-state index in [4.69, 9.17) is 21.1 Å². The molecule has 0 radical (unpaired) electrons. The molecule has 1 heterocycles. The van der Waals surface area contributed by atoms with Crippen molar-refractivity contribution >= 4 is 34.8 Å². The highest BCUT2D eigenvalue weighted by Crippen LogP contribution is 2.35. The number of unbranched alkanes of at least 4 members (excludes halogenated alkanes) is 1. The van der Waals surface area contributed by atoms with E-state index in [1.807, 2.05) is 12.1 Å². The van der Waals surface area contributed by atoms with Gasteiger partial charge in [0.2, 0.25) is 0 Å². The SMILES string of the molecule is O=C(Nc1ccc2c(c1)N(CCCCOc1ccc(Cl)cc1)C(=O)CO2)c1ccc(F)cc1. The third-order valence-corrected chi connectivity index (χ3v) is 5.38. The maximum Gasteiger partial charge on any atom is 0.265 e. The molecule has 1 aliphatic rings. The number of carbonyl (C=O) groups excluding carboxylic acids is 2. The summed E-state index contributed by atoms with van der Waals surface area (Å²) in [6.45, 7) is 0.977. The molecule has 0 fully saturated rings. The molecule has 8 heteroatoms. The highest BCUT2D eigenvalue weighted by atomic mass is 35.5. The minimum absolute atomic E-state index is 0.0322. The third-order valence-electron chi connectivity index (χ3n) is 5.12. The summed E-state index contributed by atoms with van der Waals surface area (Å²) >= 11 is 5.87. The smallest absolute Gasteiger partial charge is 0.265 e. The fraction of sp³-hybridized carbons (Fsp3) is 0.200. The molecule has 0 saturated carbocycles. The van der Waals surface area contributed by atoms with Gasteiger partial charge in [0.15, 0.2) is 6.61 Å². The molecule has 0 bridgehead atoms. The monoisotopic (exact) mass is 468 g/mol. The van der Waals surface area contributed by atoms with Gasteiger partial charge in [-0.3, -0.25) is 9.59 Å². The third kappa shape index (κ3) is 5.81. The van der Waals surface area contributed by atoms with E-state index >= 15 is 0 Å². The first-order valence-corrected chi connectivity index (χ1v) is 10.9. The zero-order chi connectivity index (χ0) is 23.2. The number of rotatable bonds is 8. The number of ether oxygens (including phenoxy) is 2. The van der Waals surface area contributed by atoms with Crippen LogP contribution in [0.5, 0.6) is 11.5 Å². The van der Waals surface area contributed by atoms with Crippen LogP contribution < -0.4 is 19.7 Å². The largest absolute Gasteiger partial charge is 0.494 e. The Kier molecular flexibility index (Phi) is 7.10. The van der Waals surface area contributed by atoms with Crippen LogP contribution in [-0.2, 0) is 4.79 Å². The van der Waals surface area contributed by atoms with Crippen LogP contribution in [0, 0.1) is 5.82 Å². The lowest BCUT2D eigenvalue weighted by molar-refractivity contribution is -0.121. The number of anilines is 2. The summed E-state index contributed by atoms with van der Waals surface area (Å²) in [5, 5.41) is 3.43. The molecule has 6 nitrogen and oxygen atoms in total. The number of fused-ring (bicyclic) bond motifs is 1. The summed E-state index contributed by atoms with van der Waals surface area (Å²) < 4.78 is 24.3. The van der Waals surface area contributed by atoms with Gasteiger partial charge in [-0.1, -0.05) is 11.6 Å². The Bertz CT molecular complexity index is 1140. The van der Waals surface area contributed by atoms with Crippen LogP contribution in [-0.4, -0.2) is 31.6 Å². The lowest BCUT2D eigenvalue weighted by Crippen LogP contribution is -2.39. The van der Waals surface area contributed by atoms with Gasteiger partial charge in [-0.05, 0) is 79.6 Å². The van der Waals surface area contributed by atoms with Gasteiger partial charge in [0.25, 0.3) is 11.8 Å². The predicted octanol–water partition coefficient (Wildman–Crippen LogP) is 5.32. The highest BCUT2D eigenvalue weighted by Gasteiger charge is 2.25. The number of halogens is 2. The molecular weight excluding hydrogens is 447 g/mol. The van der Waals surface area contributed by atoms with Crippen molar-refractivity contribution in [1.82, 2.24) is 0 Å². The maximum atomic E-state index is 13.1. The van der Waals surface area contributed by atoms with Crippen LogP contribution in [0.15, 0.2) is 66.7 Å². The van der Waals surface area contributed by atoms with Gasteiger partial charge >= 0.3 is 0 Å². The van der Waals surface area contributed by atoms with Crippen molar-refractivity contribution in [3.8, 4) is 11.5 Å². The van der Waals surface area contributed by atoms with Crippen molar-refractivity contribution in [1.29, 1.82) is 0 Å². The van der Waals surface area contributed by atoms with Gasteiger partial charge in [-0.2, -0.15) is 0 Å². The first-order valence-electron chi connectivity index (χ1n) is 10.5. The Morgan fingerprint density at radius 1 is 1.06 bits per heavy atom. The number of nitrogens with zero attached hydrogens (tertiary/aromatic N) is 1. The molecule has 1 N–H and O–H groups in total. The van der Waals surface area contributed by atoms with Crippen molar-refractivity contribution in [3.05, 3.63) is 83.1 Å². The maximum absolute atomic E-state index is 13.1. The van der Waals surface area contributed by atoms with Crippen LogP contribution in [0.1, 0.15) is 23.2 Å². The molecule has 0 aliphatic carbocycles. The highest BCUT2D eigenvalue weighted by molar-refractivity contribution is 6.30. The van der Waals surface area contributed by atoms with Crippen LogP contribution in [0.4, 0.5) is 15.8 Å². The molecule has 4 rings (SSSR count). The number of carbonyl (C=O) groups is 2. The van der Waals surface area contributed by atoms with E-state index in [-0.39, 0.29) is 18.4 Å². The Hall–Kier alpha value is -3.58. The number of benzene rings is 3. The Morgan fingerprint density at radius 3 is 2.58 bits per heavy atom. The summed E-state index contributed by atoms with van der Waals surface area (Å²) in [7, 11) is 0. The molecule has 33 heavy (non-hydrogen) atoms. The van der Waals surface area contributed by atoms with E-state index in [0.29, 0.717) is 40.9 Å². The molecule has 3 aromatic carbocycles. The Labute approximate surface area is 195 Å². The molecule has 170 valence electrons. The second kappa shape index (κ2) is 10.4. The standard InChI is InChI=1S/C25H22ClFN2O4/c26-18-5-10-21(11-6-18)32-14-2-1-13-29-22-15-20(9-12-23(22)33-16-24(29)30)28-25(31)17-3-7-19(27)8-4-17/h3-12,15H,1-2,13-14,16H2,(H,28,31). The second-order valence-electron chi connectivity index (χ2n) is 7.49. The lowest BCUT2D eigenvalue weighted by Gasteiger charge is -2.30. The Morgan fingerprint density at radius 2 is 1.82 bits per heavy atom. The average molecular weight is 469 g/mol. The summed E-state index contributed by atoms with van der Waals surface area (Å²) in [5.41, 5.74) is 1.44. The fourth-order valence-electron chi connectivity index (χ4n) is 3.42.